The van der Waals surface area contributed by atoms with E-state index in [1.165, 1.54) is 9.75 Å². The molecule has 0 aliphatic rings. The van der Waals surface area contributed by atoms with Crippen LogP contribution in [0.2, 0.25) is 0 Å². The van der Waals surface area contributed by atoms with Crippen LogP contribution in [-0.4, -0.2) is 31.8 Å². The molecule has 0 aliphatic heterocycles. The molecule has 0 fully saturated rings. The summed E-state index contributed by atoms with van der Waals surface area (Å²) in [5.41, 5.74) is -0.200. The molecule has 0 amide bonds. The molecule has 0 spiro atoms. The third kappa shape index (κ3) is 8.01. The van der Waals surface area contributed by atoms with Gasteiger partial charge in [0.2, 0.25) is 0 Å². The van der Waals surface area contributed by atoms with E-state index in [4.69, 9.17) is 4.74 Å². The van der Waals surface area contributed by atoms with Gasteiger partial charge in [-0.2, -0.15) is 0 Å². The van der Waals surface area contributed by atoms with Crippen molar-refractivity contribution < 1.29 is 4.74 Å². The molecular formula is C15H28IN3OS. The maximum atomic E-state index is 5.40. The van der Waals surface area contributed by atoms with Crippen molar-refractivity contribution in [3.63, 3.8) is 0 Å². The Labute approximate surface area is 149 Å². The van der Waals surface area contributed by atoms with Crippen molar-refractivity contribution in [1.82, 2.24) is 10.6 Å². The van der Waals surface area contributed by atoms with E-state index in [-0.39, 0.29) is 29.6 Å². The first-order chi connectivity index (χ1) is 9.50. The van der Waals surface area contributed by atoms with Crippen LogP contribution in [0.4, 0.5) is 0 Å². The molecule has 1 aromatic heterocycles. The van der Waals surface area contributed by atoms with E-state index in [1.807, 2.05) is 11.3 Å². The fourth-order valence-electron chi connectivity index (χ4n) is 1.56. The van der Waals surface area contributed by atoms with E-state index < -0.39 is 0 Å². The first kappa shape index (κ1) is 20.7. The summed E-state index contributed by atoms with van der Waals surface area (Å²) in [5.74, 6) is 0.837. The van der Waals surface area contributed by atoms with Crippen LogP contribution in [-0.2, 0) is 17.7 Å². The van der Waals surface area contributed by atoms with Gasteiger partial charge in [-0.1, -0.05) is 6.92 Å². The number of nitrogens with one attached hydrogen (secondary N) is 2. The largest absolute Gasteiger partial charge is 0.377 e. The molecule has 0 unspecified atom stereocenters. The minimum absolute atomic E-state index is 0. The molecule has 6 heteroatoms. The molecule has 1 heterocycles. The highest BCUT2D eigenvalue weighted by Gasteiger charge is 2.16. The van der Waals surface area contributed by atoms with Gasteiger partial charge in [0.15, 0.2) is 5.96 Å². The van der Waals surface area contributed by atoms with Crippen LogP contribution in [0.1, 0.15) is 37.4 Å². The summed E-state index contributed by atoms with van der Waals surface area (Å²) in [7, 11) is 1.73. The molecule has 1 aromatic rings. The zero-order valence-electron chi connectivity index (χ0n) is 13.7. The zero-order chi connectivity index (χ0) is 15.0. The van der Waals surface area contributed by atoms with Gasteiger partial charge in [0.1, 0.15) is 0 Å². The van der Waals surface area contributed by atoms with Gasteiger partial charge >= 0.3 is 0 Å². The first-order valence-corrected chi connectivity index (χ1v) is 7.97. The lowest BCUT2D eigenvalue weighted by atomic mass is 10.1. The Kier molecular flexibility index (Phi) is 10.2. The number of ether oxygens (including phenoxy) is 1. The Morgan fingerprint density at radius 1 is 1.24 bits per heavy atom. The zero-order valence-corrected chi connectivity index (χ0v) is 16.8. The maximum absolute atomic E-state index is 5.40. The molecule has 0 aliphatic carbocycles. The highest BCUT2D eigenvalue weighted by Crippen LogP contribution is 2.17. The van der Waals surface area contributed by atoms with Gasteiger partial charge in [0.25, 0.3) is 0 Å². The van der Waals surface area contributed by atoms with Crippen LogP contribution >= 0.6 is 35.3 Å². The molecule has 4 nitrogen and oxygen atoms in total. The van der Waals surface area contributed by atoms with Crippen LogP contribution < -0.4 is 10.6 Å². The van der Waals surface area contributed by atoms with Crippen molar-refractivity contribution in [2.24, 2.45) is 4.99 Å². The lowest BCUT2D eigenvalue weighted by Crippen LogP contribution is -2.45. The van der Waals surface area contributed by atoms with Crippen LogP contribution in [0.5, 0.6) is 0 Å². The van der Waals surface area contributed by atoms with Crippen molar-refractivity contribution in [3.8, 4) is 0 Å². The molecule has 0 aromatic carbocycles. The van der Waals surface area contributed by atoms with Crippen LogP contribution in [0.3, 0.4) is 0 Å². The van der Waals surface area contributed by atoms with E-state index in [2.05, 4.69) is 55.5 Å². The number of thiophene rings is 1. The SMILES string of the molecule is CCNC(=NCc1ccc(CC)s1)NCC(C)(C)OC.I. The standard InChI is InChI=1S/C15H27N3OS.HI/c1-6-12-8-9-13(20-12)10-17-14(16-7-2)18-11-15(3,4)19-5;/h8-9H,6-7,10-11H2,1-5H3,(H2,16,17,18);1H. The van der Waals surface area contributed by atoms with E-state index in [0.717, 1.165) is 25.5 Å². The second-order valence-electron chi connectivity index (χ2n) is 5.23. The second-order valence-corrected chi connectivity index (χ2v) is 6.49. The highest BCUT2D eigenvalue weighted by molar-refractivity contribution is 14.0. The lowest BCUT2D eigenvalue weighted by Gasteiger charge is -2.24. The van der Waals surface area contributed by atoms with Crippen LogP contribution in [0.15, 0.2) is 17.1 Å². The van der Waals surface area contributed by atoms with Crippen molar-refractivity contribution in [2.45, 2.75) is 46.3 Å². The molecule has 0 bridgehead atoms. The molecule has 0 saturated heterocycles. The van der Waals surface area contributed by atoms with Gasteiger partial charge in [-0.15, -0.1) is 35.3 Å². The number of halogens is 1. The van der Waals surface area contributed by atoms with Crippen molar-refractivity contribution >= 4 is 41.3 Å². The normalized spacial score (nSPS) is 12.0. The summed E-state index contributed by atoms with van der Waals surface area (Å²) < 4.78 is 5.40. The number of hydrogen-bond acceptors (Lipinski definition) is 3. The molecular weight excluding hydrogens is 397 g/mol. The lowest BCUT2D eigenvalue weighted by molar-refractivity contribution is 0.0268. The smallest absolute Gasteiger partial charge is 0.191 e. The molecule has 2 N–H and O–H groups in total. The number of guanidine groups is 1. The quantitative estimate of drug-likeness (QED) is 0.400. The Hall–Kier alpha value is -0.340. The summed E-state index contributed by atoms with van der Waals surface area (Å²) >= 11 is 1.83. The van der Waals surface area contributed by atoms with E-state index >= 15 is 0 Å². The van der Waals surface area contributed by atoms with Gasteiger partial charge in [-0.05, 0) is 39.3 Å². The fourth-order valence-corrected chi connectivity index (χ4v) is 2.45. The summed E-state index contributed by atoms with van der Waals surface area (Å²) in [6.07, 6.45) is 1.09. The average molecular weight is 425 g/mol. The third-order valence-electron chi connectivity index (χ3n) is 3.04. The Balaban J connectivity index is 0.00000400. The maximum Gasteiger partial charge on any atom is 0.191 e. The summed E-state index contributed by atoms with van der Waals surface area (Å²) in [4.78, 5) is 7.33. The Morgan fingerprint density at radius 3 is 2.43 bits per heavy atom. The third-order valence-corrected chi connectivity index (χ3v) is 4.25. The minimum Gasteiger partial charge on any atom is -0.377 e. The van der Waals surface area contributed by atoms with Crippen molar-refractivity contribution in [1.29, 1.82) is 0 Å². The molecule has 0 atom stereocenters. The highest BCUT2D eigenvalue weighted by atomic mass is 127. The van der Waals surface area contributed by atoms with E-state index in [1.54, 1.807) is 7.11 Å². The van der Waals surface area contributed by atoms with Crippen LogP contribution in [0, 0.1) is 0 Å². The van der Waals surface area contributed by atoms with E-state index in [0.29, 0.717) is 6.54 Å². The molecule has 0 radical (unpaired) electrons. The summed E-state index contributed by atoms with van der Waals surface area (Å²) in [6, 6.07) is 4.35. The van der Waals surface area contributed by atoms with Crippen molar-refractivity contribution in [3.05, 3.63) is 21.9 Å². The number of aliphatic imine (C=N–C) groups is 1. The minimum atomic E-state index is -0.200. The monoisotopic (exact) mass is 425 g/mol. The first-order valence-electron chi connectivity index (χ1n) is 7.15. The van der Waals surface area contributed by atoms with Gasteiger partial charge in [-0.3, -0.25) is 0 Å². The second kappa shape index (κ2) is 10.4. The fraction of sp³-hybridized carbons (Fsp3) is 0.667. The molecule has 0 saturated carbocycles. The van der Waals surface area contributed by atoms with Gasteiger partial charge in [0.05, 0.1) is 12.1 Å². The Morgan fingerprint density at radius 2 is 1.90 bits per heavy atom. The molecule has 122 valence electrons. The van der Waals surface area contributed by atoms with Gasteiger partial charge in [0, 0.05) is 30.0 Å². The number of rotatable bonds is 7. The Bertz CT molecular complexity index is 432. The van der Waals surface area contributed by atoms with Gasteiger partial charge < -0.3 is 15.4 Å². The topological polar surface area (TPSA) is 45.7 Å². The van der Waals surface area contributed by atoms with Crippen LogP contribution in [0.25, 0.3) is 0 Å². The number of methoxy groups -OCH3 is 1. The van der Waals surface area contributed by atoms with E-state index in [9.17, 15) is 0 Å². The predicted octanol–water partition coefficient (Wildman–Crippen LogP) is 3.41. The van der Waals surface area contributed by atoms with Crippen molar-refractivity contribution in [2.75, 3.05) is 20.2 Å². The molecule has 21 heavy (non-hydrogen) atoms. The molecule has 1 rings (SSSR count). The van der Waals surface area contributed by atoms with Gasteiger partial charge in [-0.25, -0.2) is 4.99 Å². The number of nitrogens with zero attached hydrogens (tertiary/aromatic N) is 1. The number of hydrogen-bond donors (Lipinski definition) is 2. The predicted molar refractivity (Wildman–Crippen MR) is 103 cm³/mol. The average Bonchev–Trinajstić information content (AvgIpc) is 2.90. The summed E-state index contributed by atoms with van der Waals surface area (Å²) in [6.45, 7) is 10.6. The summed E-state index contributed by atoms with van der Waals surface area (Å²) in [5, 5.41) is 6.58. The number of aryl methyl sites for hydroxylation is 1.